The molecular formula is C56H77N9O12S. The number of aryl methyl sites for hydroxylation is 1. The van der Waals surface area contributed by atoms with E-state index in [-0.39, 0.29) is 94.0 Å². The molecule has 5 aromatic rings. The summed E-state index contributed by atoms with van der Waals surface area (Å²) in [4.78, 5) is 69.5. The molecule has 1 aliphatic heterocycles. The average molecular weight is 1100 g/mol. The number of hydrogen-bond acceptors (Lipinski definition) is 18. The van der Waals surface area contributed by atoms with Gasteiger partial charge < -0.3 is 65.3 Å². The number of likely N-dealkylation sites (tertiary alicyclic amines) is 1. The van der Waals surface area contributed by atoms with Gasteiger partial charge in [0.15, 0.2) is 11.4 Å². The number of aliphatic hydroxyl groups excluding tert-OH is 1. The Labute approximate surface area is 460 Å². The molecule has 7 N–H and O–H groups in total. The highest BCUT2D eigenvalue weighted by Crippen LogP contribution is 2.34. The number of ketones is 1. The van der Waals surface area contributed by atoms with Gasteiger partial charge in [0.25, 0.3) is 5.91 Å². The van der Waals surface area contributed by atoms with Crippen molar-refractivity contribution in [3.05, 3.63) is 88.4 Å². The minimum absolute atomic E-state index is 0.0112. The summed E-state index contributed by atoms with van der Waals surface area (Å²) in [6, 6.07) is 12.6. The maximum atomic E-state index is 14.0. The summed E-state index contributed by atoms with van der Waals surface area (Å²) in [6.07, 6.45) is 6.84. The molecule has 0 spiro atoms. The summed E-state index contributed by atoms with van der Waals surface area (Å²) < 4.78 is 41.5. The van der Waals surface area contributed by atoms with Crippen LogP contribution in [0.2, 0.25) is 0 Å². The van der Waals surface area contributed by atoms with Crippen LogP contribution in [0.15, 0.2) is 60.4 Å². The molecular weight excluding hydrogens is 1020 g/mol. The number of thiazole rings is 1. The summed E-state index contributed by atoms with van der Waals surface area (Å²) in [5.74, 6) is -0.600. The van der Waals surface area contributed by atoms with Crippen LogP contribution < -0.4 is 31.6 Å². The number of imidazole rings is 1. The molecule has 5 atom stereocenters. The first-order chi connectivity index (χ1) is 37.6. The molecule has 1 aliphatic carbocycles. The first-order valence-electron chi connectivity index (χ1n) is 26.7. The Bertz CT molecular complexity index is 2750. The Hall–Kier alpha value is -6.11. The number of nitrogens with one attached hydrogen (secondary N) is 2. The maximum Gasteiger partial charge on any atom is 0.254 e. The number of nitrogens with zero attached hydrogens (tertiary/aromatic N) is 5. The van der Waals surface area contributed by atoms with Crippen molar-refractivity contribution < 1.29 is 57.4 Å². The topological polar surface area (TPSA) is 276 Å². The van der Waals surface area contributed by atoms with Crippen molar-refractivity contribution in [1.29, 1.82) is 0 Å². The van der Waals surface area contributed by atoms with Gasteiger partial charge in [-0.2, -0.15) is 0 Å². The van der Waals surface area contributed by atoms with Gasteiger partial charge in [0, 0.05) is 68.8 Å². The number of hydrogen-bond donors (Lipinski definition) is 5. The summed E-state index contributed by atoms with van der Waals surface area (Å²) in [5, 5.41) is 17.0. The Morgan fingerprint density at radius 1 is 0.859 bits per heavy atom. The number of anilines is 1. The Morgan fingerprint density at radius 3 is 2.14 bits per heavy atom. The van der Waals surface area contributed by atoms with E-state index in [2.05, 4.69) is 20.6 Å². The molecule has 1 saturated carbocycles. The largest absolute Gasteiger partial charge is 0.497 e. The predicted octanol–water partition coefficient (Wildman–Crippen LogP) is 4.90. The molecule has 2 aromatic carbocycles. The molecule has 2 fully saturated rings. The number of aliphatic hydroxyl groups is 1. The summed E-state index contributed by atoms with van der Waals surface area (Å²) in [6.45, 7) is 10.9. The zero-order valence-corrected chi connectivity index (χ0v) is 46.4. The number of benzene rings is 2. The molecule has 21 nitrogen and oxygen atoms in total. The highest BCUT2D eigenvalue weighted by molar-refractivity contribution is 7.13. The second-order valence-corrected chi connectivity index (χ2v) is 21.6. The highest BCUT2D eigenvalue weighted by atomic mass is 32.1. The summed E-state index contributed by atoms with van der Waals surface area (Å²) >= 11 is 1.57. The normalized spacial score (nSPS) is 18.0. The number of aromatic nitrogens is 4. The Kier molecular flexibility index (Phi) is 22.3. The molecule has 424 valence electrons. The number of fused-ring (bicyclic) bond motifs is 1. The number of β-amino-alcohol motifs (C(OH)–C–C–N with tert-alkyl or cyclic N) is 1. The van der Waals surface area contributed by atoms with E-state index in [1.165, 1.54) is 4.90 Å². The van der Waals surface area contributed by atoms with E-state index in [1.807, 2.05) is 69.6 Å². The van der Waals surface area contributed by atoms with Gasteiger partial charge in [-0.05, 0) is 54.0 Å². The molecule has 2 aliphatic rings. The minimum atomic E-state index is -0.854. The third-order valence-electron chi connectivity index (χ3n) is 13.9. The third-order valence-corrected chi connectivity index (χ3v) is 14.8. The van der Waals surface area contributed by atoms with Crippen molar-refractivity contribution in [3.8, 4) is 21.9 Å². The third kappa shape index (κ3) is 16.9. The molecule has 7 rings (SSSR count). The van der Waals surface area contributed by atoms with Crippen molar-refractivity contribution >= 4 is 46.4 Å². The maximum absolute atomic E-state index is 14.0. The van der Waals surface area contributed by atoms with Crippen LogP contribution in [0.5, 0.6) is 11.5 Å². The molecule has 1 saturated heterocycles. The second-order valence-electron chi connectivity index (χ2n) is 20.7. The van der Waals surface area contributed by atoms with Crippen LogP contribution in [-0.4, -0.2) is 163 Å². The van der Waals surface area contributed by atoms with E-state index in [0.717, 1.165) is 52.9 Å². The standard InChI is InChI=1S/C56H77N9O12S/c1-36-50(78-35-61-36)39-12-10-37(11-13-39)32-60-53(69)48-30-40(66)33-65(48)54(70)44(56(2,3)4)29-41(67)34-76-23-22-74-19-18-72-16-17-73-20-21-75-24-25-77-43-27-38(26-42(31-43)71-5)28-47-49(51(58)68)52-59-14-15-64(52)55(63-47)62-46-9-7-6-8-45(46)57/h10-15,26-27,31,35,40,44-46,48,66H,6-9,16-25,28-30,32-34,57H2,1-5H3,(H2,58,68)(H,60,69)(H,62,63)/t40-,44-,45-,46+,48+/m1/s1. The summed E-state index contributed by atoms with van der Waals surface area (Å²) in [5.41, 5.74) is 18.4. The van der Waals surface area contributed by atoms with Gasteiger partial charge in [0.1, 0.15) is 36.3 Å². The number of amides is 3. The molecule has 4 heterocycles. The van der Waals surface area contributed by atoms with E-state index in [1.54, 1.807) is 41.3 Å². The van der Waals surface area contributed by atoms with Crippen molar-refractivity contribution in [1.82, 2.24) is 29.6 Å². The van der Waals surface area contributed by atoms with Gasteiger partial charge in [0.05, 0.1) is 94.5 Å². The van der Waals surface area contributed by atoms with Crippen LogP contribution >= 0.6 is 11.3 Å². The lowest BCUT2D eigenvalue weighted by atomic mass is 9.77. The predicted molar refractivity (Wildman–Crippen MR) is 294 cm³/mol. The molecule has 78 heavy (non-hydrogen) atoms. The molecule has 0 bridgehead atoms. The van der Waals surface area contributed by atoms with Gasteiger partial charge in [0.2, 0.25) is 17.8 Å². The van der Waals surface area contributed by atoms with E-state index >= 15 is 0 Å². The fourth-order valence-electron chi connectivity index (χ4n) is 9.64. The lowest BCUT2D eigenvalue weighted by molar-refractivity contribution is -0.146. The zero-order chi connectivity index (χ0) is 55.6. The average Bonchev–Trinajstić information content (AvgIpc) is 4.26. The lowest BCUT2D eigenvalue weighted by Crippen LogP contribution is -2.50. The number of carbonyl (C=O) groups is 4. The van der Waals surface area contributed by atoms with E-state index in [9.17, 15) is 24.3 Å². The Morgan fingerprint density at radius 2 is 1.51 bits per heavy atom. The molecule has 0 radical (unpaired) electrons. The first kappa shape index (κ1) is 59.5. The number of nitrogens with two attached hydrogens (primary N) is 2. The number of primary amides is 1. The van der Waals surface area contributed by atoms with Crippen molar-refractivity contribution in [2.75, 3.05) is 91.6 Å². The van der Waals surface area contributed by atoms with Crippen molar-refractivity contribution in [2.24, 2.45) is 22.8 Å². The van der Waals surface area contributed by atoms with Gasteiger partial charge in [-0.3, -0.25) is 23.6 Å². The van der Waals surface area contributed by atoms with Crippen molar-refractivity contribution in [3.63, 3.8) is 0 Å². The van der Waals surface area contributed by atoms with Crippen LogP contribution in [0.4, 0.5) is 5.95 Å². The van der Waals surface area contributed by atoms with Crippen LogP contribution in [0.3, 0.4) is 0 Å². The van der Waals surface area contributed by atoms with Crippen LogP contribution in [-0.2, 0) is 51.0 Å². The number of ether oxygens (including phenoxy) is 7. The molecule has 3 amide bonds. The number of methoxy groups -OCH3 is 1. The van der Waals surface area contributed by atoms with E-state index in [0.29, 0.717) is 75.0 Å². The van der Waals surface area contributed by atoms with Gasteiger partial charge >= 0.3 is 0 Å². The van der Waals surface area contributed by atoms with Gasteiger partial charge in [-0.15, -0.1) is 11.3 Å². The monoisotopic (exact) mass is 1100 g/mol. The minimum Gasteiger partial charge on any atom is -0.497 e. The van der Waals surface area contributed by atoms with Crippen molar-refractivity contribution in [2.45, 2.75) is 103 Å². The van der Waals surface area contributed by atoms with E-state index < -0.39 is 29.4 Å². The molecule has 22 heteroatoms. The van der Waals surface area contributed by atoms with Crippen LogP contribution in [0.25, 0.3) is 16.1 Å². The first-order valence-corrected chi connectivity index (χ1v) is 27.6. The highest BCUT2D eigenvalue weighted by Gasteiger charge is 2.44. The molecule has 0 unspecified atom stereocenters. The lowest BCUT2D eigenvalue weighted by Gasteiger charge is -2.34. The van der Waals surface area contributed by atoms with Crippen LogP contribution in [0, 0.1) is 18.3 Å². The van der Waals surface area contributed by atoms with E-state index in [4.69, 9.17) is 49.6 Å². The van der Waals surface area contributed by atoms with Crippen LogP contribution in [0.1, 0.15) is 92.2 Å². The number of rotatable bonds is 31. The smallest absolute Gasteiger partial charge is 0.254 e. The fraction of sp³-hybridized carbons (Fsp3) is 0.554. The number of Topliss-reactive ketones (excluding diaryl/α,β-unsaturated/α-hetero) is 1. The zero-order valence-electron chi connectivity index (χ0n) is 45.5. The second kappa shape index (κ2) is 29.2. The number of carbonyl (C=O) groups excluding carboxylic acids is 4. The fourth-order valence-corrected chi connectivity index (χ4v) is 10.5. The Balaban J connectivity index is 0.726. The van der Waals surface area contributed by atoms with Gasteiger partial charge in [-0.1, -0.05) is 57.9 Å². The van der Waals surface area contributed by atoms with Gasteiger partial charge in [-0.25, -0.2) is 15.0 Å². The quantitative estimate of drug-likeness (QED) is 0.0369. The SMILES string of the molecule is COc1cc(Cc2nc(N[C@H]3CCCC[C@H]3N)n3ccnc3c2C(N)=O)cc(OCCOCCOCCOCCOCCOCC(=O)C[C@H](C(=O)N2C[C@H](O)C[C@H]2C(=O)NCc2ccc(-c3scnc3C)cc2)C(C)(C)C)c1. The summed E-state index contributed by atoms with van der Waals surface area (Å²) in [7, 11) is 1.57. The molecule has 3 aromatic heterocycles.